The lowest BCUT2D eigenvalue weighted by Gasteiger charge is -2.23. The molecular weight excluding hydrogens is 224 g/mol. The average molecular weight is 244 g/mol. The van der Waals surface area contributed by atoms with Crippen LogP contribution in [0.15, 0.2) is 24.3 Å². The van der Waals surface area contributed by atoms with E-state index in [0.717, 1.165) is 23.5 Å². The zero-order chi connectivity index (χ0) is 12.4. The smallest absolute Gasteiger partial charge is 0.201 e. The van der Waals surface area contributed by atoms with E-state index in [0.29, 0.717) is 6.04 Å². The summed E-state index contributed by atoms with van der Waals surface area (Å²) in [5, 5.41) is 3.40. The SMILES string of the molecule is CC(CNc1nc2ccccc2[nH]1)N1CCCC1. The van der Waals surface area contributed by atoms with E-state index in [-0.39, 0.29) is 0 Å². The first-order valence-corrected chi connectivity index (χ1v) is 6.75. The molecule has 1 fully saturated rings. The van der Waals surface area contributed by atoms with Gasteiger partial charge in [0.2, 0.25) is 5.95 Å². The second-order valence-electron chi connectivity index (χ2n) is 5.08. The molecule has 4 nitrogen and oxygen atoms in total. The Morgan fingerprint density at radius 2 is 2.11 bits per heavy atom. The maximum Gasteiger partial charge on any atom is 0.201 e. The van der Waals surface area contributed by atoms with Crippen molar-refractivity contribution in [3.8, 4) is 0 Å². The Balaban J connectivity index is 1.62. The van der Waals surface area contributed by atoms with E-state index in [9.17, 15) is 0 Å². The first-order chi connectivity index (χ1) is 8.83. The number of nitrogens with one attached hydrogen (secondary N) is 2. The second kappa shape index (κ2) is 4.98. The van der Waals surface area contributed by atoms with E-state index >= 15 is 0 Å². The molecule has 1 saturated heterocycles. The zero-order valence-corrected chi connectivity index (χ0v) is 10.8. The van der Waals surface area contributed by atoms with Crippen molar-refractivity contribution >= 4 is 17.0 Å². The zero-order valence-electron chi connectivity index (χ0n) is 10.8. The maximum atomic E-state index is 4.53. The molecule has 2 heterocycles. The third-order valence-electron chi connectivity index (χ3n) is 3.72. The quantitative estimate of drug-likeness (QED) is 0.868. The predicted molar refractivity (Wildman–Crippen MR) is 74.9 cm³/mol. The molecule has 18 heavy (non-hydrogen) atoms. The van der Waals surface area contributed by atoms with Crippen LogP contribution in [0.4, 0.5) is 5.95 Å². The van der Waals surface area contributed by atoms with Gasteiger partial charge in [0.05, 0.1) is 11.0 Å². The van der Waals surface area contributed by atoms with E-state index in [2.05, 4.69) is 33.2 Å². The average Bonchev–Trinajstić information content (AvgIpc) is 3.04. The van der Waals surface area contributed by atoms with Crippen LogP contribution in [-0.2, 0) is 0 Å². The van der Waals surface area contributed by atoms with Crippen LogP contribution in [0.3, 0.4) is 0 Å². The van der Waals surface area contributed by atoms with Gasteiger partial charge in [0.25, 0.3) is 0 Å². The van der Waals surface area contributed by atoms with Crippen LogP contribution in [0.25, 0.3) is 11.0 Å². The number of aromatic nitrogens is 2. The minimum atomic E-state index is 0.570. The van der Waals surface area contributed by atoms with Gasteiger partial charge >= 0.3 is 0 Å². The molecule has 1 aliphatic rings. The van der Waals surface area contributed by atoms with Crippen molar-refractivity contribution in [2.45, 2.75) is 25.8 Å². The summed E-state index contributed by atoms with van der Waals surface area (Å²) in [5.41, 5.74) is 2.11. The van der Waals surface area contributed by atoms with Crippen LogP contribution in [-0.4, -0.2) is 40.5 Å². The number of hydrogen-bond acceptors (Lipinski definition) is 3. The molecule has 2 aromatic rings. The van der Waals surface area contributed by atoms with Crippen LogP contribution >= 0.6 is 0 Å². The molecule has 1 unspecified atom stereocenters. The molecule has 0 saturated carbocycles. The number of imidazole rings is 1. The third kappa shape index (κ3) is 2.34. The highest BCUT2D eigenvalue weighted by atomic mass is 15.2. The fourth-order valence-electron chi connectivity index (χ4n) is 2.59. The molecule has 1 aromatic heterocycles. The number of hydrogen-bond donors (Lipinski definition) is 2. The fourth-order valence-corrected chi connectivity index (χ4v) is 2.59. The van der Waals surface area contributed by atoms with Crippen molar-refractivity contribution in [3.05, 3.63) is 24.3 Å². The summed E-state index contributed by atoms with van der Waals surface area (Å²) in [5.74, 6) is 0.877. The minimum Gasteiger partial charge on any atom is -0.354 e. The third-order valence-corrected chi connectivity index (χ3v) is 3.72. The summed E-state index contributed by atoms with van der Waals surface area (Å²) in [6.07, 6.45) is 2.68. The minimum absolute atomic E-state index is 0.570. The monoisotopic (exact) mass is 244 g/mol. The number of fused-ring (bicyclic) bond motifs is 1. The van der Waals surface area contributed by atoms with Gasteiger partial charge in [0, 0.05) is 12.6 Å². The van der Waals surface area contributed by atoms with Gasteiger partial charge in [0.15, 0.2) is 0 Å². The number of anilines is 1. The number of aromatic amines is 1. The van der Waals surface area contributed by atoms with Crippen molar-refractivity contribution in [1.82, 2.24) is 14.9 Å². The predicted octanol–water partition coefficient (Wildman–Crippen LogP) is 2.46. The number of H-pyrrole nitrogens is 1. The van der Waals surface area contributed by atoms with Gasteiger partial charge < -0.3 is 10.3 Å². The lowest BCUT2D eigenvalue weighted by Crippen LogP contribution is -2.35. The highest BCUT2D eigenvalue weighted by molar-refractivity contribution is 5.77. The molecular formula is C14H20N4. The van der Waals surface area contributed by atoms with Crippen molar-refractivity contribution < 1.29 is 0 Å². The van der Waals surface area contributed by atoms with E-state index in [1.807, 2.05) is 18.2 Å². The molecule has 0 bridgehead atoms. The molecule has 96 valence electrons. The molecule has 0 amide bonds. The normalized spacial score (nSPS) is 18.3. The summed E-state index contributed by atoms with van der Waals surface area (Å²) in [6, 6.07) is 8.69. The Morgan fingerprint density at radius 1 is 1.33 bits per heavy atom. The second-order valence-corrected chi connectivity index (χ2v) is 5.08. The Hall–Kier alpha value is -1.55. The van der Waals surface area contributed by atoms with E-state index < -0.39 is 0 Å². The molecule has 0 spiro atoms. The Labute approximate surface area is 107 Å². The number of likely N-dealkylation sites (tertiary alicyclic amines) is 1. The van der Waals surface area contributed by atoms with Gasteiger partial charge in [-0.3, -0.25) is 4.90 Å². The van der Waals surface area contributed by atoms with Crippen molar-refractivity contribution in [1.29, 1.82) is 0 Å². The van der Waals surface area contributed by atoms with Gasteiger partial charge in [0.1, 0.15) is 0 Å². The molecule has 1 atom stereocenters. The highest BCUT2D eigenvalue weighted by Crippen LogP contribution is 2.15. The summed E-state index contributed by atoms with van der Waals surface area (Å²) in [7, 11) is 0. The standard InChI is InChI=1S/C14H20N4/c1-11(18-8-4-5-9-18)10-15-14-16-12-6-2-3-7-13(12)17-14/h2-3,6-7,11H,4-5,8-10H2,1H3,(H2,15,16,17). The van der Waals surface area contributed by atoms with E-state index in [4.69, 9.17) is 0 Å². The lowest BCUT2D eigenvalue weighted by atomic mass is 10.3. The van der Waals surface area contributed by atoms with Crippen LogP contribution in [0.2, 0.25) is 0 Å². The van der Waals surface area contributed by atoms with Gasteiger partial charge in [-0.25, -0.2) is 4.98 Å². The number of benzene rings is 1. The highest BCUT2D eigenvalue weighted by Gasteiger charge is 2.17. The van der Waals surface area contributed by atoms with Crippen LogP contribution < -0.4 is 5.32 Å². The first-order valence-electron chi connectivity index (χ1n) is 6.75. The van der Waals surface area contributed by atoms with Gasteiger partial charge in [-0.1, -0.05) is 12.1 Å². The fraction of sp³-hybridized carbons (Fsp3) is 0.500. The van der Waals surface area contributed by atoms with Gasteiger partial charge in [-0.05, 0) is 45.0 Å². The van der Waals surface area contributed by atoms with Crippen molar-refractivity contribution in [3.63, 3.8) is 0 Å². The van der Waals surface area contributed by atoms with Crippen LogP contribution in [0.5, 0.6) is 0 Å². The Bertz CT molecular complexity index is 480. The molecule has 3 rings (SSSR count). The Morgan fingerprint density at radius 3 is 2.89 bits per heavy atom. The Kier molecular flexibility index (Phi) is 3.19. The largest absolute Gasteiger partial charge is 0.354 e. The number of para-hydroxylation sites is 2. The van der Waals surface area contributed by atoms with E-state index in [1.54, 1.807) is 0 Å². The molecule has 0 aliphatic carbocycles. The molecule has 2 N–H and O–H groups in total. The number of rotatable bonds is 4. The lowest BCUT2D eigenvalue weighted by molar-refractivity contribution is 0.269. The van der Waals surface area contributed by atoms with Crippen molar-refractivity contribution in [2.24, 2.45) is 0 Å². The number of nitrogens with zero attached hydrogens (tertiary/aromatic N) is 2. The van der Waals surface area contributed by atoms with Gasteiger partial charge in [-0.2, -0.15) is 0 Å². The van der Waals surface area contributed by atoms with Crippen molar-refractivity contribution in [2.75, 3.05) is 25.0 Å². The maximum absolute atomic E-state index is 4.53. The summed E-state index contributed by atoms with van der Waals surface area (Å²) >= 11 is 0. The first kappa shape index (κ1) is 11.5. The summed E-state index contributed by atoms with van der Waals surface area (Å²) in [4.78, 5) is 10.4. The summed E-state index contributed by atoms with van der Waals surface area (Å²) in [6.45, 7) is 5.70. The van der Waals surface area contributed by atoms with Gasteiger partial charge in [-0.15, -0.1) is 0 Å². The topological polar surface area (TPSA) is 44.0 Å². The van der Waals surface area contributed by atoms with Crippen LogP contribution in [0.1, 0.15) is 19.8 Å². The van der Waals surface area contributed by atoms with Crippen LogP contribution in [0, 0.1) is 0 Å². The molecule has 4 heteroatoms. The molecule has 1 aromatic carbocycles. The van der Waals surface area contributed by atoms with E-state index in [1.165, 1.54) is 25.9 Å². The molecule has 0 radical (unpaired) electrons. The summed E-state index contributed by atoms with van der Waals surface area (Å²) < 4.78 is 0. The molecule has 1 aliphatic heterocycles.